The molecular formula is C14H14N2S. The highest BCUT2D eigenvalue weighted by atomic mass is 32.2. The van der Waals surface area contributed by atoms with Gasteiger partial charge in [-0.1, -0.05) is 25.1 Å². The van der Waals surface area contributed by atoms with Crippen LogP contribution in [0.2, 0.25) is 0 Å². The van der Waals surface area contributed by atoms with Crippen LogP contribution < -0.4 is 0 Å². The summed E-state index contributed by atoms with van der Waals surface area (Å²) in [4.78, 5) is 1.05. The molecule has 0 aromatic heterocycles. The molecule has 0 saturated carbocycles. The van der Waals surface area contributed by atoms with Crippen LogP contribution in [0.4, 0.5) is 0 Å². The molecule has 0 unspecified atom stereocenters. The molecule has 1 rings (SSSR count). The molecule has 0 bridgehead atoms. The van der Waals surface area contributed by atoms with Crippen molar-refractivity contribution in [3.63, 3.8) is 0 Å². The first kappa shape index (κ1) is 13.4. The monoisotopic (exact) mass is 242 g/mol. The van der Waals surface area contributed by atoms with Gasteiger partial charge in [-0.2, -0.15) is 10.5 Å². The normalized spacial score (nSPS) is 10.6. The molecule has 2 nitrogen and oxygen atoms in total. The molecule has 0 fully saturated rings. The zero-order chi connectivity index (χ0) is 12.5. The summed E-state index contributed by atoms with van der Waals surface area (Å²) in [6.07, 6.45) is 2.99. The molecule has 86 valence electrons. The molecule has 0 spiro atoms. The predicted molar refractivity (Wildman–Crippen MR) is 70.2 cm³/mol. The zero-order valence-corrected chi connectivity index (χ0v) is 10.6. The van der Waals surface area contributed by atoms with Crippen molar-refractivity contribution in [1.82, 2.24) is 0 Å². The summed E-state index contributed by atoms with van der Waals surface area (Å²) in [5.41, 5.74) is 1.48. The average Bonchev–Trinajstić information content (AvgIpc) is 2.39. The van der Waals surface area contributed by atoms with Gasteiger partial charge in [-0.15, -0.1) is 0 Å². The Labute approximate surface area is 107 Å². The summed E-state index contributed by atoms with van der Waals surface area (Å²) in [5, 5.41) is 19.5. The number of nitrogens with zero attached hydrogens (tertiary/aromatic N) is 2. The number of hydrogen-bond donors (Lipinski definition) is 0. The van der Waals surface area contributed by atoms with Crippen molar-refractivity contribution in [2.75, 3.05) is 0 Å². The highest BCUT2D eigenvalue weighted by molar-refractivity contribution is 8.02. The lowest BCUT2D eigenvalue weighted by Crippen LogP contribution is -1.79. The van der Waals surface area contributed by atoms with E-state index in [1.54, 1.807) is 12.1 Å². The van der Waals surface area contributed by atoms with Gasteiger partial charge in [0.1, 0.15) is 0 Å². The number of nitriles is 2. The van der Waals surface area contributed by atoms with Gasteiger partial charge < -0.3 is 0 Å². The van der Waals surface area contributed by atoms with Crippen LogP contribution in [-0.4, -0.2) is 0 Å². The van der Waals surface area contributed by atoms with Crippen LogP contribution in [-0.2, 0) is 0 Å². The maximum atomic E-state index is 8.94. The first-order valence-electron chi connectivity index (χ1n) is 5.56. The smallest absolute Gasteiger partial charge is 0.0991 e. The van der Waals surface area contributed by atoms with Crippen LogP contribution in [0.15, 0.2) is 40.1 Å². The average molecular weight is 242 g/mol. The third-order valence-electron chi connectivity index (χ3n) is 2.26. The SMILES string of the molecule is CCCC/C(C#N)=C/Sc1ccc(C#N)cc1. The largest absolute Gasteiger partial charge is 0.193 e. The van der Waals surface area contributed by atoms with Gasteiger partial charge in [-0.05, 0) is 42.5 Å². The molecule has 17 heavy (non-hydrogen) atoms. The van der Waals surface area contributed by atoms with E-state index in [0.717, 1.165) is 29.7 Å². The molecule has 0 saturated heterocycles. The van der Waals surface area contributed by atoms with Gasteiger partial charge in [0.2, 0.25) is 0 Å². The zero-order valence-electron chi connectivity index (χ0n) is 9.81. The Morgan fingerprint density at radius 3 is 2.53 bits per heavy atom. The summed E-state index contributed by atoms with van der Waals surface area (Å²) in [6.45, 7) is 2.11. The number of allylic oxidation sites excluding steroid dienone is 1. The van der Waals surface area contributed by atoms with Crippen LogP contribution in [0.5, 0.6) is 0 Å². The molecule has 0 radical (unpaired) electrons. The van der Waals surface area contributed by atoms with E-state index in [2.05, 4.69) is 19.1 Å². The minimum atomic E-state index is 0.657. The van der Waals surface area contributed by atoms with Gasteiger partial charge in [0.05, 0.1) is 17.7 Å². The topological polar surface area (TPSA) is 47.6 Å². The summed E-state index contributed by atoms with van der Waals surface area (Å²) < 4.78 is 0. The van der Waals surface area contributed by atoms with Crippen LogP contribution in [0.3, 0.4) is 0 Å². The van der Waals surface area contributed by atoms with Crippen molar-refractivity contribution in [2.24, 2.45) is 0 Å². The lowest BCUT2D eigenvalue weighted by atomic mass is 10.1. The van der Waals surface area contributed by atoms with E-state index in [-0.39, 0.29) is 0 Å². The Morgan fingerprint density at radius 1 is 1.29 bits per heavy atom. The van der Waals surface area contributed by atoms with Crippen molar-refractivity contribution < 1.29 is 0 Å². The van der Waals surface area contributed by atoms with Crippen LogP contribution in [0.1, 0.15) is 31.7 Å². The second kappa shape index (κ2) is 7.54. The summed E-state index contributed by atoms with van der Waals surface area (Å²) in [5.74, 6) is 0. The maximum absolute atomic E-state index is 8.94. The van der Waals surface area contributed by atoms with Gasteiger partial charge in [0.15, 0.2) is 0 Å². The van der Waals surface area contributed by atoms with Crippen LogP contribution in [0.25, 0.3) is 0 Å². The molecule has 3 heteroatoms. The minimum absolute atomic E-state index is 0.657. The van der Waals surface area contributed by atoms with Gasteiger partial charge >= 0.3 is 0 Å². The van der Waals surface area contributed by atoms with Gasteiger partial charge in [-0.25, -0.2) is 0 Å². The molecular weight excluding hydrogens is 228 g/mol. The molecule has 0 aliphatic rings. The van der Waals surface area contributed by atoms with Crippen LogP contribution in [0, 0.1) is 22.7 Å². The number of benzene rings is 1. The van der Waals surface area contributed by atoms with Crippen LogP contribution >= 0.6 is 11.8 Å². The number of rotatable bonds is 5. The Hall–Kier alpha value is -1.71. The molecule has 0 atom stereocenters. The van der Waals surface area contributed by atoms with E-state index >= 15 is 0 Å². The lowest BCUT2D eigenvalue weighted by molar-refractivity contribution is 0.800. The van der Waals surface area contributed by atoms with Crippen molar-refractivity contribution >= 4 is 11.8 Å². The summed E-state index contributed by atoms with van der Waals surface area (Å²) in [7, 11) is 0. The quantitative estimate of drug-likeness (QED) is 0.573. The third kappa shape index (κ3) is 4.76. The van der Waals surface area contributed by atoms with Crippen molar-refractivity contribution in [2.45, 2.75) is 31.1 Å². The molecule has 0 heterocycles. The molecule has 1 aromatic rings. The Morgan fingerprint density at radius 2 is 2.00 bits per heavy atom. The maximum Gasteiger partial charge on any atom is 0.0991 e. The van der Waals surface area contributed by atoms with Gasteiger partial charge in [-0.3, -0.25) is 0 Å². The van der Waals surface area contributed by atoms with E-state index in [9.17, 15) is 0 Å². The van der Waals surface area contributed by atoms with Gasteiger partial charge in [0, 0.05) is 10.5 Å². The molecule has 0 aliphatic heterocycles. The first-order chi connectivity index (χ1) is 8.30. The van der Waals surface area contributed by atoms with Crippen molar-refractivity contribution in [3.8, 4) is 12.1 Å². The molecule has 1 aromatic carbocycles. The van der Waals surface area contributed by atoms with Gasteiger partial charge in [0.25, 0.3) is 0 Å². The van der Waals surface area contributed by atoms with E-state index in [1.165, 1.54) is 11.8 Å². The fourth-order valence-electron chi connectivity index (χ4n) is 1.26. The molecule has 0 amide bonds. The second-order valence-electron chi connectivity index (χ2n) is 3.61. The van der Waals surface area contributed by atoms with E-state index in [1.807, 2.05) is 17.5 Å². The van der Waals surface area contributed by atoms with Crippen molar-refractivity contribution in [1.29, 1.82) is 10.5 Å². The van der Waals surface area contributed by atoms with E-state index in [4.69, 9.17) is 10.5 Å². The lowest BCUT2D eigenvalue weighted by Gasteiger charge is -1.98. The Kier molecular flexibility index (Phi) is 5.93. The van der Waals surface area contributed by atoms with Crippen molar-refractivity contribution in [3.05, 3.63) is 40.8 Å². The van der Waals surface area contributed by atoms with E-state index < -0.39 is 0 Å². The third-order valence-corrected chi connectivity index (χ3v) is 3.21. The van der Waals surface area contributed by atoms with E-state index in [0.29, 0.717) is 5.56 Å². The highest BCUT2D eigenvalue weighted by Gasteiger charge is 1.97. The standard InChI is InChI=1S/C14H14N2S/c1-2-3-4-13(10-16)11-17-14-7-5-12(9-15)6-8-14/h5-8,11H,2-4H2,1H3/b13-11-. The Balaban J connectivity index is 2.61. The summed E-state index contributed by atoms with van der Waals surface area (Å²) in [6, 6.07) is 11.7. The summed E-state index contributed by atoms with van der Waals surface area (Å²) >= 11 is 1.53. The number of thioether (sulfide) groups is 1. The predicted octanol–water partition coefficient (Wildman–Crippen LogP) is 4.25. The fraction of sp³-hybridized carbons (Fsp3) is 0.286. The first-order valence-corrected chi connectivity index (χ1v) is 6.44. The second-order valence-corrected chi connectivity index (χ2v) is 4.56. The molecule has 0 aliphatic carbocycles. The number of hydrogen-bond acceptors (Lipinski definition) is 3. The fourth-order valence-corrected chi connectivity index (χ4v) is 2.00. The minimum Gasteiger partial charge on any atom is -0.193 e. The number of unbranched alkanes of at least 4 members (excludes halogenated alkanes) is 1. The molecule has 0 N–H and O–H groups in total. The highest BCUT2D eigenvalue weighted by Crippen LogP contribution is 2.22. The Bertz CT molecular complexity index is 460.